The summed E-state index contributed by atoms with van der Waals surface area (Å²) in [5.74, 6) is -1.07. The highest BCUT2D eigenvalue weighted by Gasteiger charge is 2.32. The van der Waals surface area contributed by atoms with Gasteiger partial charge >= 0.3 is 0 Å². The maximum absolute atomic E-state index is 13.6. The molecule has 1 unspecified atom stereocenters. The van der Waals surface area contributed by atoms with Gasteiger partial charge in [-0.05, 0) is 36.6 Å². The second kappa shape index (κ2) is 12.9. The van der Waals surface area contributed by atoms with Crippen LogP contribution in [0.2, 0.25) is 10.0 Å². The van der Waals surface area contributed by atoms with Gasteiger partial charge in [0, 0.05) is 35.3 Å². The van der Waals surface area contributed by atoms with Gasteiger partial charge in [-0.25, -0.2) is 8.42 Å². The van der Waals surface area contributed by atoms with Gasteiger partial charge in [0.15, 0.2) is 0 Å². The van der Waals surface area contributed by atoms with Crippen LogP contribution in [0.5, 0.6) is 0 Å². The van der Waals surface area contributed by atoms with Crippen molar-refractivity contribution in [1.82, 2.24) is 10.2 Å². The zero-order valence-electron chi connectivity index (χ0n) is 20.1. The molecular weight excluding hydrogens is 531 g/mol. The van der Waals surface area contributed by atoms with Crippen LogP contribution in [0.3, 0.4) is 0 Å². The second-order valence-electron chi connectivity index (χ2n) is 8.02. The third-order valence-electron chi connectivity index (χ3n) is 5.30. The molecule has 0 heterocycles. The number of nitro benzene ring substituents is 1. The first-order valence-electron chi connectivity index (χ1n) is 11.1. The number of anilines is 1. The standard InChI is InChI=1S/C23H28Cl2N4O6S/c1-4-11-26-23(31)21(5-2)27(14-16-9-10-17(24)12-20(16)25)22(30)15-28(36(3,34)35)18-7-6-8-19(13-18)29(32)33/h6-10,12-13,21H,4-5,11,14-15H2,1-3H3,(H,26,31). The Labute approximate surface area is 220 Å². The number of non-ortho nitro benzene ring substituents is 1. The van der Waals surface area contributed by atoms with Gasteiger partial charge in [-0.2, -0.15) is 0 Å². The summed E-state index contributed by atoms with van der Waals surface area (Å²) in [4.78, 5) is 38.3. The van der Waals surface area contributed by atoms with Gasteiger partial charge in [0.05, 0.1) is 16.9 Å². The molecule has 2 rings (SSSR count). The Bertz CT molecular complexity index is 1220. The number of benzene rings is 2. The Balaban J connectivity index is 2.49. The number of sulfonamides is 1. The fourth-order valence-electron chi connectivity index (χ4n) is 3.49. The van der Waals surface area contributed by atoms with Crippen molar-refractivity contribution in [1.29, 1.82) is 0 Å². The van der Waals surface area contributed by atoms with E-state index >= 15 is 0 Å². The topological polar surface area (TPSA) is 130 Å². The molecule has 0 saturated carbocycles. The first-order chi connectivity index (χ1) is 16.9. The Hall–Kier alpha value is -2.89. The SMILES string of the molecule is CCCNC(=O)C(CC)N(Cc1ccc(Cl)cc1Cl)C(=O)CN(c1cccc([N+](=O)[O-])c1)S(C)(=O)=O. The number of amides is 2. The van der Waals surface area contributed by atoms with Gasteiger partial charge in [0.25, 0.3) is 5.69 Å². The molecule has 1 atom stereocenters. The van der Waals surface area contributed by atoms with Crippen LogP contribution in [0.1, 0.15) is 32.3 Å². The third-order valence-corrected chi connectivity index (χ3v) is 7.03. The lowest BCUT2D eigenvalue weighted by Crippen LogP contribution is -2.52. The van der Waals surface area contributed by atoms with Crippen LogP contribution >= 0.6 is 23.2 Å². The molecule has 0 aromatic heterocycles. The molecule has 10 nitrogen and oxygen atoms in total. The minimum Gasteiger partial charge on any atom is -0.354 e. The van der Waals surface area contributed by atoms with Crippen LogP contribution < -0.4 is 9.62 Å². The molecule has 0 bridgehead atoms. The number of halogens is 2. The summed E-state index contributed by atoms with van der Waals surface area (Å²) >= 11 is 12.3. The molecule has 2 aromatic rings. The van der Waals surface area contributed by atoms with E-state index < -0.39 is 33.4 Å². The summed E-state index contributed by atoms with van der Waals surface area (Å²) in [6.45, 7) is 3.26. The normalized spacial score (nSPS) is 12.0. The monoisotopic (exact) mass is 558 g/mol. The molecular formula is C23H28Cl2N4O6S. The molecule has 1 N–H and O–H groups in total. The average Bonchev–Trinajstić information content (AvgIpc) is 2.81. The van der Waals surface area contributed by atoms with Crippen molar-refractivity contribution in [2.75, 3.05) is 23.7 Å². The largest absolute Gasteiger partial charge is 0.354 e. The van der Waals surface area contributed by atoms with Crippen molar-refractivity contribution in [2.45, 2.75) is 39.3 Å². The fraction of sp³-hybridized carbons (Fsp3) is 0.391. The van der Waals surface area contributed by atoms with E-state index in [1.165, 1.54) is 29.2 Å². The highest BCUT2D eigenvalue weighted by atomic mass is 35.5. The molecule has 0 radical (unpaired) electrons. The number of carbonyl (C=O) groups excluding carboxylic acids is 2. The Kier molecular flexibility index (Phi) is 10.5. The second-order valence-corrected chi connectivity index (χ2v) is 10.8. The summed E-state index contributed by atoms with van der Waals surface area (Å²) in [6.07, 6.45) is 1.83. The predicted octanol–water partition coefficient (Wildman–Crippen LogP) is 4.00. The molecule has 0 saturated heterocycles. The molecule has 0 aliphatic carbocycles. The zero-order chi connectivity index (χ0) is 27.0. The van der Waals surface area contributed by atoms with Crippen molar-refractivity contribution >= 4 is 56.4 Å². The molecule has 196 valence electrons. The summed E-state index contributed by atoms with van der Waals surface area (Å²) in [5.41, 5.74) is 0.134. The number of nitro groups is 1. The van der Waals surface area contributed by atoms with Gasteiger partial charge in [0.2, 0.25) is 21.8 Å². The molecule has 2 aromatic carbocycles. The maximum atomic E-state index is 13.6. The molecule has 2 amide bonds. The van der Waals surface area contributed by atoms with Crippen molar-refractivity contribution in [2.24, 2.45) is 0 Å². The van der Waals surface area contributed by atoms with E-state index in [4.69, 9.17) is 23.2 Å². The minimum atomic E-state index is -4.02. The van der Waals surface area contributed by atoms with Gasteiger partial charge in [-0.15, -0.1) is 0 Å². The van der Waals surface area contributed by atoms with Gasteiger partial charge in [-0.3, -0.25) is 24.0 Å². The first-order valence-corrected chi connectivity index (χ1v) is 13.7. The van der Waals surface area contributed by atoms with Crippen molar-refractivity contribution in [3.63, 3.8) is 0 Å². The predicted molar refractivity (Wildman–Crippen MR) is 140 cm³/mol. The molecule has 0 fully saturated rings. The number of carbonyl (C=O) groups is 2. The maximum Gasteiger partial charge on any atom is 0.271 e. The molecule has 0 aliphatic heterocycles. The highest BCUT2D eigenvalue weighted by Crippen LogP contribution is 2.26. The van der Waals surface area contributed by atoms with Gasteiger partial charge in [0.1, 0.15) is 12.6 Å². The summed E-state index contributed by atoms with van der Waals surface area (Å²) in [6, 6.07) is 8.77. The highest BCUT2D eigenvalue weighted by molar-refractivity contribution is 7.92. The lowest BCUT2D eigenvalue weighted by molar-refractivity contribution is -0.384. The fourth-order valence-corrected chi connectivity index (χ4v) is 4.80. The van der Waals surface area contributed by atoms with Crippen LogP contribution in [-0.2, 0) is 26.2 Å². The van der Waals surface area contributed by atoms with Crippen molar-refractivity contribution in [3.05, 3.63) is 68.2 Å². The Morgan fingerprint density at radius 2 is 1.83 bits per heavy atom. The van der Waals surface area contributed by atoms with Crippen LogP contribution in [-0.4, -0.2) is 55.4 Å². The van der Waals surface area contributed by atoms with Crippen LogP contribution in [0.25, 0.3) is 0 Å². The van der Waals surface area contributed by atoms with Crippen molar-refractivity contribution in [3.8, 4) is 0 Å². The van der Waals surface area contributed by atoms with Crippen molar-refractivity contribution < 1.29 is 22.9 Å². The van der Waals surface area contributed by atoms with E-state index in [0.717, 1.165) is 16.6 Å². The van der Waals surface area contributed by atoms with E-state index in [1.54, 1.807) is 19.1 Å². The van der Waals surface area contributed by atoms with E-state index in [-0.39, 0.29) is 35.3 Å². The zero-order valence-corrected chi connectivity index (χ0v) is 22.4. The summed E-state index contributed by atoms with van der Waals surface area (Å²) in [7, 11) is -4.02. The summed E-state index contributed by atoms with van der Waals surface area (Å²) in [5, 5.41) is 14.6. The molecule has 0 aliphatic rings. The van der Waals surface area contributed by atoms with Gasteiger partial charge in [-0.1, -0.05) is 49.2 Å². The Morgan fingerprint density at radius 3 is 2.39 bits per heavy atom. The lowest BCUT2D eigenvalue weighted by Gasteiger charge is -2.33. The number of nitrogens with one attached hydrogen (secondary N) is 1. The number of nitrogens with zero attached hydrogens (tertiary/aromatic N) is 3. The van der Waals surface area contributed by atoms with E-state index in [0.29, 0.717) is 23.6 Å². The first kappa shape index (κ1) is 29.3. The van der Waals surface area contributed by atoms with E-state index in [2.05, 4.69) is 5.32 Å². The molecule has 13 heteroatoms. The van der Waals surface area contributed by atoms with E-state index in [9.17, 15) is 28.1 Å². The number of hydrogen-bond acceptors (Lipinski definition) is 6. The smallest absolute Gasteiger partial charge is 0.271 e. The van der Waals surface area contributed by atoms with Crippen LogP contribution in [0.4, 0.5) is 11.4 Å². The number of hydrogen-bond donors (Lipinski definition) is 1. The quantitative estimate of drug-likeness (QED) is 0.309. The van der Waals surface area contributed by atoms with E-state index in [1.807, 2.05) is 6.92 Å². The molecule has 36 heavy (non-hydrogen) atoms. The van der Waals surface area contributed by atoms with Crippen LogP contribution in [0, 0.1) is 10.1 Å². The average molecular weight is 559 g/mol. The Morgan fingerprint density at radius 1 is 1.14 bits per heavy atom. The van der Waals surface area contributed by atoms with Crippen LogP contribution in [0.15, 0.2) is 42.5 Å². The lowest BCUT2D eigenvalue weighted by atomic mass is 10.1. The minimum absolute atomic E-state index is 0.0481. The number of rotatable bonds is 12. The molecule has 0 spiro atoms. The third kappa shape index (κ3) is 7.81. The summed E-state index contributed by atoms with van der Waals surface area (Å²) < 4.78 is 26.0. The van der Waals surface area contributed by atoms with Gasteiger partial charge < -0.3 is 10.2 Å².